The van der Waals surface area contributed by atoms with Crippen molar-refractivity contribution >= 4 is 5.97 Å². The van der Waals surface area contributed by atoms with E-state index >= 15 is 0 Å². The van der Waals surface area contributed by atoms with Gasteiger partial charge in [-0.1, -0.05) is 6.07 Å². The van der Waals surface area contributed by atoms with Gasteiger partial charge in [-0.3, -0.25) is 4.89 Å². The molecule has 1 heterocycles. The fourth-order valence-corrected chi connectivity index (χ4v) is 2.51. The topological polar surface area (TPSA) is 47.6 Å². The first kappa shape index (κ1) is 13.1. The predicted molar refractivity (Wildman–Crippen MR) is 68.3 cm³/mol. The summed E-state index contributed by atoms with van der Waals surface area (Å²) in [5.41, 5.74) is 3.96. The molecule has 1 N–H and O–H groups in total. The quantitative estimate of drug-likeness (QED) is 0.660. The Kier molecular flexibility index (Phi) is 3.99. The Morgan fingerprint density at radius 1 is 1.33 bits per heavy atom. The van der Waals surface area contributed by atoms with Gasteiger partial charge in [-0.2, -0.15) is 4.89 Å². The van der Waals surface area contributed by atoms with Crippen molar-refractivity contribution in [3.63, 3.8) is 0 Å². The molecule has 0 bridgehead atoms. The second kappa shape index (κ2) is 5.50. The number of hydrogen-bond donors (Lipinski definition) is 1. The van der Waals surface area contributed by atoms with Crippen LogP contribution in [0.3, 0.4) is 0 Å². The molecule has 0 radical (unpaired) electrons. The van der Waals surface area contributed by atoms with Crippen molar-refractivity contribution in [3.8, 4) is 0 Å². The highest BCUT2D eigenvalue weighted by Crippen LogP contribution is 2.29. The molecule has 1 unspecified atom stereocenters. The molecule has 4 nitrogen and oxygen atoms in total. The normalized spacial score (nSPS) is 18.9. The van der Waals surface area contributed by atoms with Crippen molar-refractivity contribution < 1.29 is 14.6 Å². The van der Waals surface area contributed by atoms with Gasteiger partial charge in [0.1, 0.15) is 0 Å². The first-order valence-corrected chi connectivity index (χ1v) is 6.23. The minimum Gasteiger partial charge on any atom is -0.310 e. The minimum absolute atomic E-state index is 0.413. The molecule has 18 heavy (non-hydrogen) atoms. The third-order valence-corrected chi connectivity index (χ3v) is 3.64. The molecule has 0 spiro atoms. The van der Waals surface area contributed by atoms with E-state index in [1.807, 2.05) is 26.0 Å². The summed E-state index contributed by atoms with van der Waals surface area (Å²) in [7, 11) is 1.33. The number of nitrogens with one attached hydrogen (secondary N) is 1. The van der Waals surface area contributed by atoms with Gasteiger partial charge in [-0.05, 0) is 56.0 Å². The Labute approximate surface area is 107 Å². The Hall–Kier alpha value is -1.39. The fourth-order valence-electron chi connectivity index (χ4n) is 2.51. The molecule has 1 aliphatic rings. The maximum Gasteiger partial charge on any atom is 0.373 e. The molecule has 1 fully saturated rings. The molecule has 1 atom stereocenters. The molecular weight excluding hydrogens is 230 g/mol. The lowest BCUT2D eigenvalue weighted by Crippen LogP contribution is -2.16. The Balaban J connectivity index is 2.31. The molecule has 1 aliphatic heterocycles. The lowest BCUT2D eigenvalue weighted by atomic mass is 9.93. The SMILES string of the molecule is COOC(=O)c1ccc(C2CCCN2)c(C)c1C. The van der Waals surface area contributed by atoms with E-state index in [0.29, 0.717) is 11.6 Å². The van der Waals surface area contributed by atoms with Crippen molar-refractivity contribution in [1.29, 1.82) is 0 Å². The smallest absolute Gasteiger partial charge is 0.310 e. The largest absolute Gasteiger partial charge is 0.373 e. The van der Waals surface area contributed by atoms with Gasteiger partial charge in [-0.15, -0.1) is 0 Å². The van der Waals surface area contributed by atoms with Crippen LogP contribution in [-0.4, -0.2) is 19.6 Å². The van der Waals surface area contributed by atoms with E-state index in [4.69, 9.17) is 0 Å². The molecular formula is C14H19NO3. The van der Waals surface area contributed by atoms with Crippen LogP contribution in [0.1, 0.15) is 45.9 Å². The monoisotopic (exact) mass is 249 g/mol. The van der Waals surface area contributed by atoms with Crippen molar-refractivity contribution in [2.24, 2.45) is 0 Å². The van der Waals surface area contributed by atoms with E-state index in [1.165, 1.54) is 19.1 Å². The van der Waals surface area contributed by atoms with Crippen molar-refractivity contribution in [3.05, 3.63) is 34.4 Å². The first-order chi connectivity index (χ1) is 8.65. The van der Waals surface area contributed by atoms with Crippen LogP contribution in [0.5, 0.6) is 0 Å². The van der Waals surface area contributed by atoms with Gasteiger partial charge in [0, 0.05) is 6.04 Å². The molecule has 2 rings (SSSR count). The van der Waals surface area contributed by atoms with E-state index in [2.05, 4.69) is 15.1 Å². The first-order valence-electron chi connectivity index (χ1n) is 6.23. The van der Waals surface area contributed by atoms with Crippen LogP contribution in [0.2, 0.25) is 0 Å². The number of carbonyl (C=O) groups excluding carboxylic acids is 1. The molecule has 1 aromatic rings. The van der Waals surface area contributed by atoms with E-state index in [1.54, 1.807) is 0 Å². The van der Waals surface area contributed by atoms with Gasteiger partial charge in [0.05, 0.1) is 12.7 Å². The van der Waals surface area contributed by atoms with Crippen LogP contribution in [-0.2, 0) is 9.78 Å². The van der Waals surface area contributed by atoms with Gasteiger partial charge in [0.2, 0.25) is 0 Å². The van der Waals surface area contributed by atoms with Gasteiger partial charge in [-0.25, -0.2) is 4.79 Å². The zero-order valence-corrected chi connectivity index (χ0v) is 11.1. The van der Waals surface area contributed by atoms with Gasteiger partial charge in [0.25, 0.3) is 0 Å². The number of carbonyl (C=O) groups is 1. The zero-order chi connectivity index (χ0) is 13.1. The van der Waals surface area contributed by atoms with Crippen LogP contribution in [0.4, 0.5) is 0 Å². The minimum atomic E-state index is -0.441. The van der Waals surface area contributed by atoms with Crippen LogP contribution in [0.25, 0.3) is 0 Å². The Morgan fingerprint density at radius 2 is 2.11 bits per heavy atom. The molecule has 4 heteroatoms. The van der Waals surface area contributed by atoms with Crippen LogP contribution in [0.15, 0.2) is 12.1 Å². The summed E-state index contributed by atoms with van der Waals surface area (Å²) in [4.78, 5) is 20.7. The number of rotatable bonds is 3. The second-order valence-corrected chi connectivity index (χ2v) is 4.64. The van der Waals surface area contributed by atoms with Gasteiger partial charge in [0.15, 0.2) is 0 Å². The average Bonchev–Trinajstić information content (AvgIpc) is 2.86. The van der Waals surface area contributed by atoms with Crippen LogP contribution in [0, 0.1) is 13.8 Å². The third-order valence-electron chi connectivity index (χ3n) is 3.64. The molecule has 98 valence electrons. The summed E-state index contributed by atoms with van der Waals surface area (Å²) in [6.45, 7) is 5.06. The molecule has 1 saturated heterocycles. The Morgan fingerprint density at radius 3 is 2.72 bits per heavy atom. The highest BCUT2D eigenvalue weighted by atomic mass is 17.2. The maximum absolute atomic E-state index is 11.7. The Bertz CT molecular complexity index is 451. The summed E-state index contributed by atoms with van der Waals surface area (Å²) in [5.74, 6) is -0.441. The summed E-state index contributed by atoms with van der Waals surface area (Å²) in [6.07, 6.45) is 2.36. The van der Waals surface area contributed by atoms with E-state index in [0.717, 1.165) is 24.1 Å². The van der Waals surface area contributed by atoms with E-state index < -0.39 is 5.97 Å². The lowest BCUT2D eigenvalue weighted by Gasteiger charge is -2.17. The molecule has 1 aromatic carbocycles. The standard InChI is InChI=1S/C14H19NO3/c1-9-10(2)12(14(16)18-17-3)7-6-11(9)13-5-4-8-15-13/h6-7,13,15H,4-5,8H2,1-3H3. The lowest BCUT2D eigenvalue weighted by molar-refractivity contribution is -0.216. The third kappa shape index (κ3) is 2.40. The number of benzene rings is 1. The van der Waals surface area contributed by atoms with Gasteiger partial charge >= 0.3 is 5.97 Å². The highest BCUT2D eigenvalue weighted by Gasteiger charge is 2.21. The molecule has 0 aromatic heterocycles. The van der Waals surface area contributed by atoms with E-state index in [9.17, 15) is 4.79 Å². The van der Waals surface area contributed by atoms with Crippen molar-refractivity contribution in [2.45, 2.75) is 32.7 Å². The molecule has 0 saturated carbocycles. The van der Waals surface area contributed by atoms with E-state index in [-0.39, 0.29) is 0 Å². The summed E-state index contributed by atoms with van der Waals surface area (Å²) in [6, 6.07) is 4.24. The fraction of sp³-hybridized carbons (Fsp3) is 0.500. The van der Waals surface area contributed by atoms with Gasteiger partial charge < -0.3 is 5.32 Å². The summed E-state index contributed by atoms with van der Waals surface area (Å²) < 4.78 is 0. The zero-order valence-electron chi connectivity index (χ0n) is 11.1. The van der Waals surface area contributed by atoms with Crippen LogP contribution < -0.4 is 5.32 Å². The maximum atomic E-state index is 11.7. The number of hydrogen-bond acceptors (Lipinski definition) is 4. The van der Waals surface area contributed by atoms with Crippen molar-refractivity contribution in [1.82, 2.24) is 5.32 Å². The average molecular weight is 249 g/mol. The summed E-state index contributed by atoms with van der Waals surface area (Å²) in [5, 5.41) is 3.47. The van der Waals surface area contributed by atoms with Crippen LogP contribution >= 0.6 is 0 Å². The molecule has 0 amide bonds. The second-order valence-electron chi connectivity index (χ2n) is 4.64. The highest BCUT2D eigenvalue weighted by molar-refractivity contribution is 5.91. The molecule has 0 aliphatic carbocycles. The summed E-state index contributed by atoms with van der Waals surface area (Å²) >= 11 is 0. The van der Waals surface area contributed by atoms with Crippen molar-refractivity contribution in [2.75, 3.05) is 13.7 Å². The predicted octanol–water partition coefficient (Wildman–Crippen LogP) is 2.45.